The molecule has 1 aromatic heterocycles. The summed E-state index contributed by atoms with van der Waals surface area (Å²) in [6.45, 7) is 6.91. The van der Waals surface area contributed by atoms with Crippen LogP contribution in [0.2, 0.25) is 0 Å². The zero-order valence-electron chi connectivity index (χ0n) is 25.1. The quantitative estimate of drug-likeness (QED) is 0.269. The van der Waals surface area contributed by atoms with Gasteiger partial charge in [0, 0.05) is 50.0 Å². The van der Waals surface area contributed by atoms with E-state index in [1.807, 2.05) is 54.1 Å². The third kappa shape index (κ3) is 6.57. The number of aliphatic hydroxyl groups excluding tert-OH is 1. The van der Waals surface area contributed by atoms with Crippen molar-refractivity contribution >= 4 is 39.0 Å². The Bertz CT molecular complexity index is 1530. The number of amides is 1. The largest absolute Gasteiger partial charge is 0.483 e. The first-order valence-electron chi connectivity index (χ1n) is 14.5. The zero-order valence-corrected chi connectivity index (χ0v) is 25.9. The molecule has 0 unspecified atom stereocenters. The number of carboxylic acid groups (broad SMARTS) is 1. The zero-order chi connectivity index (χ0) is 31.4. The van der Waals surface area contributed by atoms with Crippen molar-refractivity contribution in [1.29, 1.82) is 0 Å². The number of rotatable bonds is 9. The van der Waals surface area contributed by atoms with E-state index in [2.05, 4.69) is 10.6 Å². The average molecular weight is 615 g/mol. The molecule has 5 rings (SSSR count). The monoisotopic (exact) mass is 614 g/mol. The second-order valence-electron chi connectivity index (χ2n) is 11.4. The summed E-state index contributed by atoms with van der Waals surface area (Å²) in [4.78, 5) is 21.0. The van der Waals surface area contributed by atoms with E-state index in [9.17, 15) is 18.3 Å². The summed E-state index contributed by atoms with van der Waals surface area (Å²) < 4.78 is 35.4. The number of hydrogen-bond acceptors (Lipinski definition) is 7. The second-order valence-corrected chi connectivity index (χ2v) is 13.9. The Kier molecular flexibility index (Phi) is 10.2. The number of aryl methyl sites for hydroxylation is 1. The van der Waals surface area contributed by atoms with Crippen LogP contribution in [0.15, 0.2) is 48.7 Å². The van der Waals surface area contributed by atoms with Crippen LogP contribution in [0.4, 0.5) is 5.69 Å². The van der Waals surface area contributed by atoms with Gasteiger partial charge in [0.15, 0.2) is 4.87 Å². The molecule has 0 spiro atoms. The minimum atomic E-state index is -3.72. The van der Waals surface area contributed by atoms with Gasteiger partial charge in [-0.2, -0.15) is 0 Å². The molecule has 2 atom stereocenters. The number of hydrogen-bond donors (Lipinski definition) is 4. The van der Waals surface area contributed by atoms with Gasteiger partial charge in [0.2, 0.25) is 0 Å². The van der Waals surface area contributed by atoms with E-state index in [0.717, 1.165) is 34.9 Å². The van der Waals surface area contributed by atoms with Crippen LogP contribution in [0.25, 0.3) is 10.9 Å². The highest BCUT2D eigenvalue weighted by molar-refractivity contribution is 7.93. The van der Waals surface area contributed by atoms with Gasteiger partial charge in [-0.05, 0) is 62.8 Å². The molecule has 4 N–H and O–H groups in total. The molecule has 2 aromatic carbocycles. The molecule has 11 nitrogen and oxygen atoms in total. The molecule has 1 saturated heterocycles. The fraction of sp³-hybridized carbons (Fsp3) is 0.484. The van der Waals surface area contributed by atoms with Crippen molar-refractivity contribution in [3.05, 3.63) is 65.4 Å². The number of anilines is 1. The first-order valence-corrected chi connectivity index (χ1v) is 16.0. The van der Waals surface area contributed by atoms with Crippen LogP contribution in [0.3, 0.4) is 0 Å². The summed E-state index contributed by atoms with van der Waals surface area (Å²) in [6.07, 6.45) is 3.99. The van der Waals surface area contributed by atoms with Gasteiger partial charge in [0.25, 0.3) is 22.4 Å². The van der Waals surface area contributed by atoms with Gasteiger partial charge in [-0.3, -0.25) is 13.9 Å². The summed E-state index contributed by atoms with van der Waals surface area (Å²) in [5.41, 5.74) is 3.62. The second kappa shape index (κ2) is 13.5. The summed E-state index contributed by atoms with van der Waals surface area (Å²) in [7, 11) is -2.18. The average Bonchev–Trinajstić information content (AvgIpc) is 3.39. The summed E-state index contributed by atoms with van der Waals surface area (Å²) in [6, 6.07) is 13.0. The summed E-state index contributed by atoms with van der Waals surface area (Å²) >= 11 is 0. The van der Waals surface area contributed by atoms with Crippen LogP contribution >= 0.6 is 0 Å². The van der Waals surface area contributed by atoms with E-state index in [1.54, 1.807) is 27.0 Å². The van der Waals surface area contributed by atoms with Gasteiger partial charge in [-0.25, -0.2) is 8.42 Å². The molecule has 0 radical (unpaired) electrons. The molecule has 43 heavy (non-hydrogen) atoms. The van der Waals surface area contributed by atoms with Crippen LogP contribution in [0, 0.1) is 0 Å². The Labute approximate surface area is 252 Å². The lowest BCUT2D eigenvalue weighted by molar-refractivity contribution is -0.122. The Morgan fingerprint density at radius 3 is 2.47 bits per heavy atom. The fourth-order valence-electron chi connectivity index (χ4n) is 5.81. The lowest BCUT2D eigenvalue weighted by atomic mass is 9.99. The molecule has 0 aliphatic carbocycles. The molecular weight excluding hydrogens is 572 g/mol. The number of benzene rings is 2. The van der Waals surface area contributed by atoms with E-state index in [4.69, 9.17) is 14.6 Å². The van der Waals surface area contributed by atoms with Gasteiger partial charge in [-0.15, -0.1) is 0 Å². The molecule has 0 saturated carbocycles. The van der Waals surface area contributed by atoms with Crippen LogP contribution in [0.1, 0.15) is 55.1 Å². The highest BCUT2D eigenvalue weighted by Gasteiger charge is 2.45. The smallest absolute Gasteiger partial charge is 0.290 e. The molecule has 2 aliphatic heterocycles. The molecule has 1 amide bonds. The van der Waals surface area contributed by atoms with Crippen molar-refractivity contribution in [3.8, 4) is 0 Å². The maximum absolute atomic E-state index is 13.8. The Balaban J connectivity index is 0.00000135. The normalized spacial score (nSPS) is 18.8. The van der Waals surface area contributed by atoms with E-state index in [1.165, 1.54) is 4.31 Å². The molecule has 3 heterocycles. The number of ether oxygens (including phenoxy) is 1. The number of aromatic nitrogens is 1. The van der Waals surface area contributed by atoms with E-state index in [-0.39, 0.29) is 18.4 Å². The molecule has 234 valence electrons. The first kappa shape index (κ1) is 32.5. The van der Waals surface area contributed by atoms with Crippen LogP contribution in [0.5, 0.6) is 0 Å². The van der Waals surface area contributed by atoms with Gasteiger partial charge < -0.3 is 30.2 Å². The fourth-order valence-corrected chi connectivity index (χ4v) is 7.27. The third-order valence-corrected chi connectivity index (χ3v) is 10.8. The van der Waals surface area contributed by atoms with Crippen LogP contribution in [-0.2, 0) is 37.3 Å². The number of sulfonamides is 1. The van der Waals surface area contributed by atoms with E-state index < -0.39 is 27.0 Å². The van der Waals surface area contributed by atoms with Crippen molar-refractivity contribution < 1.29 is 33.0 Å². The molecular formula is C31H42N4O7S. The first-order chi connectivity index (χ1) is 20.5. The van der Waals surface area contributed by atoms with Gasteiger partial charge in [-0.1, -0.05) is 37.3 Å². The topological polar surface area (TPSA) is 150 Å². The number of carbonyl (C=O) groups excluding carboxylic acids is 1. The minimum Gasteiger partial charge on any atom is -0.483 e. The predicted octanol–water partition coefficient (Wildman–Crippen LogP) is 2.85. The van der Waals surface area contributed by atoms with Crippen molar-refractivity contribution in [2.75, 3.05) is 31.1 Å². The Morgan fingerprint density at radius 2 is 1.84 bits per heavy atom. The van der Waals surface area contributed by atoms with Crippen LogP contribution in [-0.4, -0.2) is 80.6 Å². The summed E-state index contributed by atoms with van der Waals surface area (Å²) in [5, 5.41) is 25.5. The summed E-state index contributed by atoms with van der Waals surface area (Å²) in [5.74, 6) is -0.352. The standard InChI is InChI=1S/C30H40N4O5S.CH2O2/c1-5-21-19-34-28-24(21)16-22(17-26(28)33(4)40(37,38)30(34,2)3)29(36)32-25(15-20-9-7-6-8-10-20)27(35)18-31-23-11-13-39-14-12-23;2-1-3/h6-10,16-17,19,23,25,27,31,35H,5,11-15,18H2,1-4H3,(H,32,36);1H,(H,2,3)/t25-,27+;/m0./s1. The SMILES string of the molecule is CCc1cn2c3c(cc(C(=O)N[C@@H](Cc4ccccc4)[C@H](O)CNC4CCOCC4)cc13)N(C)S(=O)(=O)C2(C)C.O=CO. The van der Waals surface area contributed by atoms with Gasteiger partial charge in [0.05, 0.1) is 23.3 Å². The predicted molar refractivity (Wildman–Crippen MR) is 166 cm³/mol. The third-order valence-electron chi connectivity index (χ3n) is 8.43. The van der Waals surface area contributed by atoms with Crippen molar-refractivity contribution in [2.45, 2.75) is 69.5 Å². The number of carbonyl (C=O) groups is 2. The number of nitrogens with zero attached hydrogens (tertiary/aromatic N) is 2. The molecule has 0 bridgehead atoms. The lowest BCUT2D eigenvalue weighted by Crippen LogP contribution is -2.50. The van der Waals surface area contributed by atoms with E-state index >= 15 is 0 Å². The number of aliphatic hydroxyl groups is 1. The van der Waals surface area contributed by atoms with Crippen LogP contribution < -0.4 is 14.9 Å². The molecule has 1 fully saturated rings. The molecule has 12 heteroatoms. The Hall–Kier alpha value is -3.45. The number of nitrogens with one attached hydrogen (secondary N) is 2. The van der Waals surface area contributed by atoms with Gasteiger partial charge in [0.1, 0.15) is 0 Å². The van der Waals surface area contributed by atoms with Crippen molar-refractivity contribution in [1.82, 2.24) is 15.2 Å². The van der Waals surface area contributed by atoms with Crippen molar-refractivity contribution in [2.24, 2.45) is 0 Å². The highest BCUT2D eigenvalue weighted by Crippen LogP contribution is 2.44. The maximum Gasteiger partial charge on any atom is 0.290 e. The lowest BCUT2D eigenvalue weighted by Gasteiger charge is -2.38. The van der Waals surface area contributed by atoms with Crippen molar-refractivity contribution in [3.63, 3.8) is 0 Å². The highest BCUT2D eigenvalue weighted by atomic mass is 32.2. The molecule has 3 aromatic rings. The Morgan fingerprint density at radius 1 is 1.19 bits per heavy atom. The van der Waals surface area contributed by atoms with E-state index in [0.29, 0.717) is 43.9 Å². The molecule has 2 aliphatic rings. The maximum atomic E-state index is 13.8. The van der Waals surface area contributed by atoms with Gasteiger partial charge >= 0.3 is 0 Å². The minimum absolute atomic E-state index is 0.250.